The molecule has 0 bridgehead atoms. The van der Waals surface area contributed by atoms with Gasteiger partial charge in [-0.1, -0.05) is 19.1 Å². The van der Waals surface area contributed by atoms with Crippen molar-refractivity contribution in [2.24, 2.45) is 11.8 Å². The van der Waals surface area contributed by atoms with E-state index in [0.29, 0.717) is 42.0 Å². The van der Waals surface area contributed by atoms with Crippen molar-refractivity contribution in [3.8, 4) is 11.9 Å². The lowest BCUT2D eigenvalue weighted by atomic mass is 9.90. The van der Waals surface area contributed by atoms with Gasteiger partial charge < -0.3 is 24.1 Å². The van der Waals surface area contributed by atoms with E-state index in [0.717, 1.165) is 49.6 Å². The molecule has 4 atom stereocenters. The summed E-state index contributed by atoms with van der Waals surface area (Å²) in [6.07, 6.45) is 2.06. The van der Waals surface area contributed by atoms with Gasteiger partial charge in [0, 0.05) is 30.2 Å². The van der Waals surface area contributed by atoms with Crippen LogP contribution in [0.1, 0.15) is 52.9 Å². The maximum absolute atomic E-state index is 14.3. The smallest absolute Gasteiger partial charge is 0.352 e. The molecule has 216 valence electrons. The van der Waals surface area contributed by atoms with Crippen molar-refractivity contribution < 1.29 is 23.8 Å². The lowest BCUT2D eigenvalue weighted by Crippen LogP contribution is -2.37. The number of hydrogen-bond donors (Lipinski definition) is 2. The van der Waals surface area contributed by atoms with Gasteiger partial charge in [-0.3, -0.25) is 4.90 Å². The van der Waals surface area contributed by atoms with Gasteiger partial charge in [-0.25, -0.2) is 19.2 Å². The maximum Gasteiger partial charge on any atom is 0.352 e. The van der Waals surface area contributed by atoms with E-state index in [1.165, 1.54) is 6.07 Å². The average Bonchev–Trinajstić information content (AvgIpc) is 3.21. The van der Waals surface area contributed by atoms with Crippen LogP contribution in [-0.2, 0) is 29.8 Å². The lowest BCUT2D eigenvalue weighted by Gasteiger charge is -2.32. The number of aromatic carboxylic acids is 1. The number of H-pyrrole nitrogens is 1. The van der Waals surface area contributed by atoms with Crippen molar-refractivity contribution >= 4 is 17.1 Å². The molecule has 1 saturated carbocycles. The zero-order valence-electron chi connectivity index (χ0n) is 23.2. The number of likely N-dealkylation sites (tertiary alicyclic amines) is 1. The largest absolute Gasteiger partial charge is 0.477 e. The summed E-state index contributed by atoms with van der Waals surface area (Å²) in [5.74, 6) is 0.798. The van der Waals surface area contributed by atoms with Crippen molar-refractivity contribution in [3.05, 3.63) is 76.6 Å². The highest BCUT2D eigenvalue weighted by molar-refractivity contribution is 5.91. The number of hydrogen-bond acceptors (Lipinski definition) is 7. The molecule has 0 radical (unpaired) electrons. The van der Waals surface area contributed by atoms with Gasteiger partial charge in [-0.05, 0) is 55.5 Å². The second-order valence-corrected chi connectivity index (χ2v) is 11.6. The third-order valence-corrected chi connectivity index (χ3v) is 9.42. The van der Waals surface area contributed by atoms with Crippen molar-refractivity contribution in [3.63, 3.8) is 0 Å². The van der Waals surface area contributed by atoms with E-state index in [1.54, 1.807) is 24.3 Å². The zero-order valence-corrected chi connectivity index (χ0v) is 23.2. The summed E-state index contributed by atoms with van der Waals surface area (Å²) in [5, 5.41) is 18.4. The second kappa shape index (κ2) is 10.2. The van der Waals surface area contributed by atoms with Gasteiger partial charge in [0.15, 0.2) is 5.65 Å². The molecule has 2 N–H and O–H groups in total. The lowest BCUT2D eigenvalue weighted by molar-refractivity contribution is -0.0592. The van der Waals surface area contributed by atoms with E-state index >= 15 is 0 Å². The Labute approximate surface area is 241 Å². The molecule has 3 unspecified atom stereocenters. The number of halogens is 1. The molecule has 42 heavy (non-hydrogen) atoms. The number of nitriles is 1. The summed E-state index contributed by atoms with van der Waals surface area (Å²) < 4.78 is 28.0. The molecule has 10 nitrogen and oxygen atoms in total. The normalized spacial score (nSPS) is 25.0. The van der Waals surface area contributed by atoms with E-state index in [9.17, 15) is 14.3 Å². The molecule has 0 spiro atoms. The second-order valence-electron chi connectivity index (χ2n) is 11.6. The highest BCUT2D eigenvalue weighted by Crippen LogP contribution is 2.63. The van der Waals surface area contributed by atoms with Crippen molar-refractivity contribution in [2.45, 2.75) is 51.0 Å². The first-order chi connectivity index (χ1) is 20.4. The zero-order chi connectivity index (χ0) is 29.0. The number of carboxylic acids is 1. The number of aromatic nitrogens is 4. The molecule has 3 aromatic heterocycles. The van der Waals surface area contributed by atoms with E-state index in [-0.39, 0.29) is 29.4 Å². The number of carbonyl (C=O) groups is 1. The molecular weight excluding hydrogens is 539 g/mol. The summed E-state index contributed by atoms with van der Waals surface area (Å²) in [6, 6.07) is 13.8. The number of nitrogens with one attached hydrogen (secondary N) is 1. The average molecular weight is 571 g/mol. The van der Waals surface area contributed by atoms with Gasteiger partial charge in [0.2, 0.25) is 5.88 Å². The Morgan fingerprint density at radius 1 is 1.31 bits per heavy atom. The van der Waals surface area contributed by atoms with Crippen LogP contribution in [0.25, 0.3) is 11.2 Å². The van der Waals surface area contributed by atoms with Crippen LogP contribution >= 0.6 is 0 Å². The van der Waals surface area contributed by atoms with Crippen LogP contribution in [0.15, 0.2) is 42.5 Å². The first-order valence-corrected chi connectivity index (χ1v) is 14.3. The van der Waals surface area contributed by atoms with Crippen LogP contribution in [0.4, 0.5) is 4.39 Å². The number of ether oxygens (including phenoxy) is 2. The monoisotopic (exact) mass is 570 g/mol. The first kappa shape index (κ1) is 26.6. The minimum absolute atomic E-state index is 0.0206. The molecule has 7 rings (SSSR count). The molecule has 3 fully saturated rings. The van der Waals surface area contributed by atoms with Crippen LogP contribution in [-0.4, -0.2) is 61.3 Å². The summed E-state index contributed by atoms with van der Waals surface area (Å²) in [7, 11) is 0. The van der Waals surface area contributed by atoms with Crippen molar-refractivity contribution in [2.75, 3.05) is 19.7 Å². The third-order valence-electron chi connectivity index (χ3n) is 9.42. The quantitative estimate of drug-likeness (QED) is 0.306. The molecule has 1 aromatic carbocycles. The fourth-order valence-corrected chi connectivity index (χ4v) is 6.83. The fraction of sp³-hybridized carbons (Fsp3) is 0.419. The first-order valence-electron chi connectivity index (χ1n) is 14.3. The number of aromatic amines is 1. The van der Waals surface area contributed by atoms with Crippen LogP contribution in [0.3, 0.4) is 0 Å². The topological polar surface area (TPSA) is 129 Å². The van der Waals surface area contributed by atoms with Crippen molar-refractivity contribution in [1.29, 1.82) is 5.26 Å². The van der Waals surface area contributed by atoms with Crippen LogP contribution in [0.2, 0.25) is 0 Å². The number of imidazole rings is 1. The highest BCUT2D eigenvalue weighted by atomic mass is 19.1. The molecule has 5 heterocycles. The Morgan fingerprint density at radius 3 is 2.88 bits per heavy atom. The minimum atomic E-state index is -0.999. The van der Waals surface area contributed by atoms with Crippen LogP contribution in [0.5, 0.6) is 5.88 Å². The van der Waals surface area contributed by atoms with Gasteiger partial charge >= 0.3 is 5.97 Å². The summed E-state index contributed by atoms with van der Waals surface area (Å²) >= 11 is 0. The predicted octanol–water partition coefficient (Wildman–Crippen LogP) is 4.25. The van der Waals surface area contributed by atoms with Crippen molar-refractivity contribution in [1.82, 2.24) is 24.4 Å². The number of rotatable bonds is 9. The maximum atomic E-state index is 14.3. The van der Waals surface area contributed by atoms with Gasteiger partial charge in [0.05, 0.1) is 42.0 Å². The van der Waals surface area contributed by atoms with E-state index in [2.05, 4.69) is 27.4 Å². The Balaban J connectivity index is 1.05. The number of benzene rings is 1. The Bertz CT molecular complexity index is 1720. The number of piperidine rings is 1. The molecule has 0 amide bonds. The summed E-state index contributed by atoms with van der Waals surface area (Å²) in [5.41, 5.74) is 3.17. The van der Waals surface area contributed by atoms with E-state index in [1.807, 2.05) is 12.1 Å². The molecule has 4 aromatic rings. The molecule has 11 heteroatoms. The Kier molecular flexibility index (Phi) is 6.48. The fourth-order valence-electron chi connectivity index (χ4n) is 6.83. The predicted molar refractivity (Wildman–Crippen MR) is 149 cm³/mol. The number of carboxylic acid groups (broad SMARTS) is 1. The molecular formula is C31H31FN6O4. The summed E-state index contributed by atoms with van der Waals surface area (Å²) in [4.78, 5) is 26.5. The third kappa shape index (κ3) is 4.51. The van der Waals surface area contributed by atoms with E-state index < -0.39 is 11.8 Å². The molecule has 3 aliphatic rings. The number of pyridine rings is 1. The van der Waals surface area contributed by atoms with Gasteiger partial charge in [-0.15, -0.1) is 0 Å². The molecule has 2 saturated heterocycles. The number of fused-ring (bicyclic) bond motifs is 2. The SMILES string of the molecule is CC1C2CN(Cc3nc4[nH]c(C(=O)O)cc4n3C[C@@H]3CCO3)CCC12c1cccc(OCc2ccc(C#N)cc2F)n1. The van der Waals surface area contributed by atoms with Gasteiger partial charge in [0.1, 0.15) is 23.9 Å². The van der Waals surface area contributed by atoms with Gasteiger partial charge in [0.25, 0.3) is 0 Å². The minimum Gasteiger partial charge on any atom is -0.477 e. The van der Waals surface area contributed by atoms with Crippen LogP contribution < -0.4 is 4.74 Å². The molecule has 2 aliphatic heterocycles. The van der Waals surface area contributed by atoms with E-state index in [4.69, 9.17) is 24.7 Å². The highest BCUT2D eigenvalue weighted by Gasteiger charge is 2.65. The van der Waals surface area contributed by atoms with Crippen LogP contribution in [0, 0.1) is 29.0 Å². The Morgan fingerprint density at radius 2 is 2.17 bits per heavy atom. The summed E-state index contributed by atoms with van der Waals surface area (Å²) in [6.45, 7) is 6.19. The Hall–Kier alpha value is -4.27. The standard InChI is InChI=1S/C31H31FN6O4/c1-18-22-15-37(16-27-36-29-25(12-24(34-29)30(39)40)38(27)14-21-7-10-41-21)9-8-31(18,22)26-3-2-4-28(35-26)42-17-20-6-5-19(13-33)11-23(20)32/h2-6,11-12,18,21-22,34H,7-10,14-17H2,1H3,(H,39,40)/t18?,21-,22?,31?/m0/s1. The van der Waals surface area contributed by atoms with Gasteiger partial charge in [-0.2, -0.15) is 5.26 Å². The molecule has 1 aliphatic carbocycles. The number of nitrogens with zero attached hydrogens (tertiary/aromatic N) is 5.